The Morgan fingerprint density at radius 2 is 1.75 bits per heavy atom. The molecule has 1 aromatic carbocycles. The van der Waals surface area contributed by atoms with Crippen molar-refractivity contribution < 1.29 is 58.8 Å². The smallest absolute Gasteiger partial charge is 0.337 e. The molecule has 0 saturated carbocycles. The van der Waals surface area contributed by atoms with E-state index in [0.717, 1.165) is 18.2 Å². The van der Waals surface area contributed by atoms with Gasteiger partial charge in [0, 0.05) is 17.9 Å². The zero-order valence-electron chi connectivity index (χ0n) is 22.5. The Bertz CT molecular complexity index is 1030. The van der Waals surface area contributed by atoms with Crippen molar-refractivity contribution in [3.63, 3.8) is 0 Å². The molecule has 3 rings (SSSR count). The zero-order valence-corrected chi connectivity index (χ0v) is 22.5. The van der Waals surface area contributed by atoms with Crippen LogP contribution in [0.5, 0.6) is 5.75 Å². The minimum absolute atomic E-state index is 0.0323. The largest absolute Gasteiger partial charge is 0.508 e. The summed E-state index contributed by atoms with van der Waals surface area (Å²) in [5.41, 5.74) is 1.25. The standard InChI is InChI=1S/C28H38O12/c1-3-5-11-36-22(31)13-19-18(4-2)27(40-28-25(34)24(33)23(32)21(14-29)39-28)38-15-20(19)26(35)37-12-10-16-6-8-17(30)9-7-16/h4,6-9,15,19,21,23-25,27-30,32-34H,3,5,10-14H2,1-2H3. The highest BCUT2D eigenvalue weighted by atomic mass is 16.8. The molecule has 222 valence electrons. The third-order valence-electron chi connectivity index (χ3n) is 6.74. The van der Waals surface area contributed by atoms with Crippen molar-refractivity contribution in [3.05, 3.63) is 53.3 Å². The van der Waals surface area contributed by atoms with E-state index >= 15 is 0 Å². The fraction of sp³-hybridized carbons (Fsp3) is 0.571. The molecule has 7 unspecified atom stereocenters. The van der Waals surface area contributed by atoms with Gasteiger partial charge < -0.3 is 49.2 Å². The van der Waals surface area contributed by atoms with Gasteiger partial charge in [-0.3, -0.25) is 4.79 Å². The molecule has 40 heavy (non-hydrogen) atoms. The second-order valence-corrected chi connectivity index (χ2v) is 9.55. The number of esters is 2. The van der Waals surface area contributed by atoms with Gasteiger partial charge >= 0.3 is 11.9 Å². The number of benzene rings is 1. The highest BCUT2D eigenvalue weighted by molar-refractivity contribution is 5.91. The van der Waals surface area contributed by atoms with Gasteiger partial charge in [0.05, 0.1) is 38.1 Å². The second kappa shape index (κ2) is 15.1. The minimum Gasteiger partial charge on any atom is -0.508 e. The number of aromatic hydroxyl groups is 1. The van der Waals surface area contributed by atoms with Crippen molar-refractivity contribution in [2.45, 2.75) is 76.5 Å². The average Bonchev–Trinajstić information content (AvgIpc) is 2.94. The number of rotatable bonds is 12. The monoisotopic (exact) mass is 566 g/mol. The number of carbonyl (C=O) groups is 2. The van der Waals surface area contributed by atoms with Gasteiger partial charge in [-0.15, -0.1) is 0 Å². The summed E-state index contributed by atoms with van der Waals surface area (Å²) < 4.78 is 27.6. The first-order chi connectivity index (χ1) is 19.2. The number of hydrogen-bond acceptors (Lipinski definition) is 12. The van der Waals surface area contributed by atoms with Crippen molar-refractivity contribution >= 4 is 11.9 Å². The van der Waals surface area contributed by atoms with Crippen LogP contribution >= 0.6 is 0 Å². The first-order valence-corrected chi connectivity index (χ1v) is 13.3. The summed E-state index contributed by atoms with van der Waals surface area (Å²) in [5, 5.41) is 49.5. The third kappa shape index (κ3) is 8.03. The lowest BCUT2D eigenvalue weighted by Gasteiger charge is -2.42. The van der Waals surface area contributed by atoms with Gasteiger partial charge in [-0.25, -0.2) is 4.79 Å². The van der Waals surface area contributed by atoms with Gasteiger partial charge in [0.15, 0.2) is 6.29 Å². The predicted octanol–water partition coefficient (Wildman–Crippen LogP) is 0.830. The number of allylic oxidation sites excluding steroid dienone is 1. The maximum Gasteiger partial charge on any atom is 0.337 e. The molecule has 2 aliphatic heterocycles. The van der Waals surface area contributed by atoms with Crippen LogP contribution in [0.25, 0.3) is 0 Å². The lowest BCUT2D eigenvalue weighted by atomic mass is 9.86. The van der Waals surface area contributed by atoms with E-state index in [0.29, 0.717) is 18.4 Å². The summed E-state index contributed by atoms with van der Waals surface area (Å²) in [6.07, 6.45) is -4.44. The van der Waals surface area contributed by atoms with E-state index in [1.54, 1.807) is 25.1 Å². The molecule has 1 fully saturated rings. The summed E-state index contributed by atoms with van der Waals surface area (Å²) in [6, 6.07) is 6.48. The maximum atomic E-state index is 13.1. The molecule has 0 spiro atoms. The number of unbranched alkanes of at least 4 members (excludes halogenated alkanes) is 1. The molecule has 0 radical (unpaired) electrons. The van der Waals surface area contributed by atoms with Crippen molar-refractivity contribution in [2.24, 2.45) is 5.92 Å². The molecular formula is C28H38O12. The molecule has 1 saturated heterocycles. The summed E-state index contributed by atoms with van der Waals surface area (Å²) >= 11 is 0. The van der Waals surface area contributed by atoms with Gasteiger partial charge in [-0.1, -0.05) is 31.6 Å². The molecule has 1 aromatic rings. The van der Waals surface area contributed by atoms with Crippen molar-refractivity contribution in [1.82, 2.24) is 0 Å². The van der Waals surface area contributed by atoms with E-state index < -0.39 is 61.5 Å². The molecule has 0 aliphatic carbocycles. The van der Waals surface area contributed by atoms with Crippen molar-refractivity contribution in [3.8, 4) is 5.75 Å². The number of aliphatic hydroxyl groups excluding tert-OH is 4. The van der Waals surface area contributed by atoms with Crippen LogP contribution in [0.3, 0.4) is 0 Å². The molecule has 2 aliphatic rings. The topological polar surface area (TPSA) is 181 Å². The Balaban J connectivity index is 1.76. The highest BCUT2D eigenvalue weighted by Gasteiger charge is 2.47. The summed E-state index contributed by atoms with van der Waals surface area (Å²) in [6.45, 7) is 3.23. The quantitative estimate of drug-likeness (QED) is 0.137. The molecule has 12 heteroatoms. The van der Waals surface area contributed by atoms with Gasteiger partial charge in [-0.2, -0.15) is 0 Å². The fourth-order valence-corrected chi connectivity index (χ4v) is 4.37. The normalized spacial score (nSPS) is 29.4. The Morgan fingerprint density at radius 1 is 1.02 bits per heavy atom. The van der Waals surface area contributed by atoms with Crippen LogP contribution in [-0.4, -0.2) is 94.3 Å². The Labute approximate surface area is 232 Å². The van der Waals surface area contributed by atoms with Crippen LogP contribution in [0.15, 0.2) is 47.7 Å². The average molecular weight is 567 g/mol. The van der Waals surface area contributed by atoms with Gasteiger partial charge in [0.1, 0.15) is 30.2 Å². The Morgan fingerprint density at radius 3 is 2.40 bits per heavy atom. The molecule has 0 amide bonds. The predicted molar refractivity (Wildman–Crippen MR) is 138 cm³/mol. The van der Waals surface area contributed by atoms with E-state index in [2.05, 4.69) is 0 Å². The molecule has 0 bridgehead atoms. The molecule has 0 aromatic heterocycles. The second-order valence-electron chi connectivity index (χ2n) is 9.55. The number of phenolic OH excluding ortho intramolecular Hbond substituents is 1. The minimum atomic E-state index is -1.67. The number of phenols is 1. The van der Waals surface area contributed by atoms with E-state index in [4.69, 9.17) is 23.7 Å². The molecule has 2 heterocycles. The van der Waals surface area contributed by atoms with E-state index in [1.165, 1.54) is 12.1 Å². The van der Waals surface area contributed by atoms with E-state index in [1.807, 2.05) is 6.92 Å². The first kappa shape index (κ1) is 31.5. The number of hydrogen-bond donors (Lipinski definition) is 5. The summed E-state index contributed by atoms with van der Waals surface area (Å²) in [4.78, 5) is 25.7. The maximum absolute atomic E-state index is 13.1. The molecule has 5 N–H and O–H groups in total. The zero-order chi connectivity index (χ0) is 29.2. The van der Waals surface area contributed by atoms with E-state index in [9.17, 15) is 35.1 Å². The van der Waals surface area contributed by atoms with Crippen LogP contribution in [0, 0.1) is 5.92 Å². The third-order valence-corrected chi connectivity index (χ3v) is 6.74. The lowest BCUT2D eigenvalue weighted by molar-refractivity contribution is -0.327. The SMILES string of the molecule is CC=C1C(OC2OC(CO)C(O)C(O)C2O)OC=C(C(=O)OCCc2ccc(O)cc2)C1CC(=O)OCCCC. The van der Waals surface area contributed by atoms with E-state index in [-0.39, 0.29) is 31.0 Å². The van der Waals surface area contributed by atoms with Crippen LogP contribution in [-0.2, 0) is 39.7 Å². The van der Waals surface area contributed by atoms with Gasteiger partial charge in [-0.05, 0) is 31.0 Å². The molecular weight excluding hydrogens is 528 g/mol. The fourth-order valence-electron chi connectivity index (χ4n) is 4.37. The van der Waals surface area contributed by atoms with Crippen LogP contribution in [0.1, 0.15) is 38.7 Å². The molecule has 12 nitrogen and oxygen atoms in total. The van der Waals surface area contributed by atoms with Crippen LogP contribution < -0.4 is 0 Å². The van der Waals surface area contributed by atoms with Crippen LogP contribution in [0.4, 0.5) is 0 Å². The summed E-state index contributed by atoms with van der Waals surface area (Å²) in [5.74, 6) is -1.99. The first-order valence-electron chi connectivity index (χ1n) is 13.3. The summed E-state index contributed by atoms with van der Waals surface area (Å²) in [7, 11) is 0. The number of aliphatic hydroxyl groups is 4. The van der Waals surface area contributed by atoms with Gasteiger partial charge in [0.25, 0.3) is 0 Å². The van der Waals surface area contributed by atoms with Crippen LogP contribution in [0.2, 0.25) is 0 Å². The van der Waals surface area contributed by atoms with Crippen molar-refractivity contribution in [2.75, 3.05) is 19.8 Å². The Hall–Kier alpha value is -3.00. The number of ether oxygens (including phenoxy) is 5. The number of carbonyl (C=O) groups excluding carboxylic acids is 2. The molecule has 7 atom stereocenters. The lowest BCUT2D eigenvalue weighted by Crippen LogP contribution is -2.60. The van der Waals surface area contributed by atoms with Crippen molar-refractivity contribution in [1.29, 1.82) is 0 Å². The Kier molecular flexibility index (Phi) is 11.9. The highest BCUT2D eigenvalue weighted by Crippen LogP contribution is 2.36. The van der Waals surface area contributed by atoms with Gasteiger partial charge in [0.2, 0.25) is 6.29 Å².